The van der Waals surface area contributed by atoms with Crippen molar-refractivity contribution in [3.8, 4) is 0 Å². The molecule has 0 aliphatic carbocycles. The second-order valence-electron chi connectivity index (χ2n) is 7.48. The number of anilines is 4. The van der Waals surface area contributed by atoms with E-state index in [1.807, 2.05) is 54.3 Å². The van der Waals surface area contributed by atoms with Gasteiger partial charge >= 0.3 is 6.03 Å². The van der Waals surface area contributed by atoms with Crippen LogP contribution >= 0.6 is 0 Å². The zero-order valence-corrected chi connectivity index (χ0v) is 17.1. The van der Waals surface area contributed by atoms with E-state index in [0.29, 0.717) is 26.2 Å². The number of aryl methyl sites for hydroxylation is 1. The number of hydrogen-bond acceptors (Lipinski definition) is 6. The average Bonchev–Trinajstić information content (AvgIpc) is 3.42. The number of rotatable bonds is 4. The lowest BCUT2D eigenvalue weighted by Crippen LogP contribution is -2.50. The van der Waals surface area contributed by atoms with Gasteiger partial charge in [-0.15, -0.1) is 0 Å². The predicted molar refractivity (Wildman–Crippen MR) is 120 cm³/mol. The van der Waals surface area contributed by atoms with E-state index in [4.69, 9.17) is 4.98 Å². The molecular weight excluding hydrogens is 394 g/mol. The smallest absolute Gasteiger partial charge is 0.321 e. The summed E-state index contributed by atoms with van der Waals surface area (Å²) < 4.78 is 0. The molecule has 4 heterocycles. The van der Waals surface area contributed by atoms with Crippen molar-refractivity contribution in [1.29, 1.82) is 0 Å². The first-order chi connectivity index (χ1) is 15.1. The third kappa shape index (κ3) is 4.13. The molecule has 5 rings (SSSR count). The standard InChI is InChI=1S/C21H23N9O/c1-14-11-19(28-27-14)25-18-3-2-4-20(26-18)29-7-9-30(10-8-29)21(31)24-15-5-6-16-17(12-15)23-13-22-16/h2-6,11-13H,7-10H2,1H3,(H,22,23)(H,24,31)(H2,25,26,27,28). The highest BCUT2D eigenvalue weighted by molar-refractivity contribution is 5.92. The summed E-state index contributed by atoms with van der Waals surface area (Å²) in [6.07, 6.45) is 1.64. The van der Waals surface area contributed by atoms with Crippen LogP contribution in [0.4, 0.5) is 27.9 Å². The Hall–Kier alpha value is -4.08. The van der Waals surface area contributed by atoms with Crippen LogP contribution in [0.3, 0.4) is 0 Å². The van der Waals surface area contributed by atoms with Crippen molar-refractivity contribution >= 4 is 40.2 Å². The second-order valence-corrected chi connectivity index (χ2v) is 7.48. The topological polar surface area (TPSA) is 118 Å². The third-order valence-electron chi connectivity index (χ3n) is 5.26. The number of hydrogen-bond donors (Lipinski definition) is 4. The van der Waals surface area contributed by atoms with Crippen molar-refractivity contribution < 1.29 is 4.79 Å². The van der Waals surface area contributed by atoms with Crippen LogP contribution in [0.1, 0.15) is 5.69 Å². The highest BCUT2D eigenvalue weighted by atomic mass is 16.2. The number of pyridine rings is 1. The lowest BCUT2D eigenvalue weighted by Gasteiger charge is -2.35. The summed E-state index contributed by atoms with van der Waals surface area (Å²) >= 11 is 0. The fraction of sp³-hybridized carbons (Fsp3) is 0.238. The van der Waals surface area contributed by atoms with Crippen LogP contribution in [-0.4, -0.2) is 62.3 Å². The number of piperazine rings is 1. The summed E-state index contributed by atoms with van der Waals surface area (Å²) in [5, 5.41) is 13.3. The molecule has 158 valence electrons. The van der Waals surface area contributed by atoms with Gasteiger partial charge in [0.15, 0.2) is 5.82 Å². The number of H-pyrrole nitrogens is 2. The number of urea groups is 1. The van der Waals surface area contributed by atoms with Crippen molar-refractivity contribution in [2.75, 3.05) is 41.7 Å². The molecule has 0 spiro atoms. The number of imidazole rings is 1. The fourth-order valence-electron chi connectivity index (χ4n) is 3.64. The predicted octanol–water partition coefficient (Wildman–Crippen LogP) is 3.09. The molecule has 4 N–H and O–H groups in total. The minimum atomic E-state index is -0.101. The van der Waals surface area contributed by atoms with Gasteiger partial charge in [-0.2, -0.15) is 5.10 Å². The van der Waals surface area contributed by atoms with E-state index in [1.165, 1.54) is 0 Å². The Balaban J connectivity index is 1.19. The molecule has 1 fully saturated rings. The minimum absolute atomic E-state index is 0.101. The van der Waals surface area contributed by atoms with Crippen LogP contribution in [0.5, 0.6) is 0 Å². The number of carbonyl (C=O) groups excluding carboxylic acids is 1. The summed E-state index contributed by atoms with van der Waals surface area (Å²) in [6.45, 7) is 4.62. The molecule has 1 saturated heterocycles. The van der Waals surface area contributed by atoms with E-state index in [9.17, 15) is 4.79 Å². The molecule has 1 aliphatic heterocycles. The first-order valence-electron chi connectivity index (χ1n) is 10.1. The molecule has 0 unspecified atom stereocenters. The molecule has 4 aromatic rings. The Bertz CT molecular complexity index is 1210. The van der Waals surface area contributed by atoms with Gasteiger partial charge in [-0.25, -0.2) is 14.8 Å². The summed E-state index contributed by atoms with van der Waals surface area (Å²) in [4.78, 5) is 28.6. The van der Waals surface area contributed by atoms with Gasteiger partial charge in [0.1, 0.15) is 11.6 Å². The van der Waals surface area contributed by atoms with Gasteiger partial charge in [0.05, 0.1) is 17.4 Å². The van der Waals surface area contributed by atoms with Crippen LogP contribution < -0.4 is 15.5 Å². The SMILES string of the molecule is Cc1cc(Nc2cccc(N3CCN(C(=O)Nc4ccc5nc[nH]c5c4)CC3)n2)n[nH]1. The van der Waals surface area contributed by atoms with Crippen LogP contribution in [0, 0.1) is 6.92 Å². The second kappa shape index (κ2) is 7.98. The van der Waals surface area contributed by atoms with E-state index in [0.717, 1.165) is 39.9 Å². The quantitative estimate of drug-likeness (QED) is 0.405. The zero-order valence-electron chi connectivity index (χ0n) is 17.1. The summed E-state index contributed by atoms with van der Waals surface area (Å²) in [5.41, 5.74) is 3.50. The van der Waals surface area contributed by atoms with Gasteiger partial charge in [-0.05, 0) is 37.3 Å². The van der Waals surface area contributed by atoms with Crippen LogP contribution in [0.15, 0.2) is 48.8 Å². The van der Waals surface area contributed by atoms with Crippen molar-refractivity contribution in [2.45, 2.75) is 6.92 Å². The summed E-state index contributed by atoms with van der Waals surface area (Å²) in [5.74, 6) is 2.34. The van der Waals surface area contributed by atoms with Crippen molar-refractivity contribution in [1.82, 2.24) is 30.0 Å². The molecule has 10 heteroatoms. The molecule has 0 saturated carbocycles. The first-order valence-corrected chi connectivity index (χ1v) is 10.1. The van der Waals surface area contributed by atoms with E-state index in [-0.39, 0.29) is 6.03 Å². The molecular formula is C21H23N9O. The van der Waals surface area contributed by atoms with Gasteiger partial charge in [0.25, 0.3) is 0 Å². The molecule has 1 aliphatic rings. The van der Waals surface area contributed by atoms with Crippen molar-refractivity contribution in [3.63, 3.8) is 0 Å². The minimum Gasteiger partial charge on any atom is -0.353 e. The third-order valence-corrected chi connectivity index (χ3v) is 5.26. The zero-order chi connectivity index (χ0) is 21.2. The van der Waals surface area contributed by atoms with E-state index in [2.05, 4.69) is 35.7 Å². The Labute approximate surface area is 178 Å². The highest BCUT2D eigenvalue weighted by Crippen LogP contribution is 2.20. The number of aromatic amines is 2. The normalized spacial score (nSPS) is 14.1. The molecule has 31 heavy (non-hydrogen) atoms. The molecule has 3 aromatic heterocycles. The first kappa shape index (κ1) is 18.9. The number of nitrogens with zero attached hydrogens (tertiary/aromatic N) is 5. The summed E-state index contributed by atoms with van der Waals surface area (Å²) in [7, 11) is 0. The van der Waals surface area contributed by atoms with Crippen molar-refractivity contribution in [3.05, 3.63) is 54.5 Å². The van der Waals surface area contributed by atoms with Crippen LogP contribution in [-0.2, 0) is 0 Å². The van der Waals surface area contributed by atoms with Crippen molar-refractivity contribution in [2.24, 2.45) is 0 Å². The van der Waals surface area contributed by atoms with E-state index < -0.39 is 0 Å². The number of nitrogens with one attached hydrogen (secondary N) is 4. The largest absolute Gasteiger partial charge is 0.353 e. The lowest BCUT2D eigenvalue weighted by atomic mass is 10.2. The Morgan fingerprint density at radius 3 is 2.74 bits per heavy atom. The number of fused-ring (bicyclic) bond motifs is 1. The Kier molecular flexibility index (Phi) is 4.87. The number of aromatic nitrogens is 5. The van der Waals surface area contributed by atoms with Gasteiger partial charge in [0.2, 0.25) is 0 Å². The lowest BCUT2D eigenvalue weighted by molar-refractivity contribution is 0.208. The average molecular weight is 417 g/mol. The van der Waals surface area contributed by atoms with E-state index >= 15 is 0 Å². The number of carbonyl (C=O) groups is 1. The maximum Gasteiger partial charge on any atom is 0.321 e. The highest BCUT2D eigenvalue weighted by Gasteiger charge is 2.22. The van der Waals surface area contributed by atoms with Gasteiger partial charge in [0, 0.05) is 43.6 Å². The van der Waals surface area contributed by atoms with Gasteiger partial charge in [-0.1, -0.05) is 6.07 Å². The fourth-order valence-corrected chi connectivity index (χ4v) is 3.64. The van der Waals surface area contributed by atoms with Gasteiger partial charge in [-0.3, -0.25) is 5.10 Å². The molecule has 0 bridgehead atoms. The maximum absolute atomic E-state index is 12.7. The van der Waals surface area contributed by atoms with Crippen LogP contribution in [0.2, 0.25) is 0 Å². The summed E-state index contributed by atoms with van der Waals surface area (Å²) in [6, 6.07) is 13.3. The molecule has 0 radical (unpaired) electrons. The number of amides is 2. The molecule has 1 aromatic carbocycles. The Morgan fingerprint density at radius 2 is 1.94 bits per heavy atom. The monoisotopic (exact) mass is 417 g/mol. The van der Waals surface area contributed by atoms with E-state index in [1.54, 1.807) is 6.33 Å². The maximum atomic E-state index is 12.7. The van der Waals surface area contributed by atoms with Crippen LogP contribution in [0.25, 0.3) is 11.0 Å². The number of benzene rings is 1. The Morgan fingerprint density at radius 1 is 1.06 bits per heavy atom. The molecule has 2 amide bonds. The molecule has 0 atom stereocenters. The molecule has 10 nitrogen and oxygen atoms in total. The van der Waals surface area contributed by atoms with Gasteiger partial charge < -0.3 is 25.4 Å².